The number of carbonyl (C=O) groups is 1. The third kappa shape index (κ3) is 2.32. The maximum atomic E-state index is 12.7. The van der Waals surface area contributed by atoms with Gasteiger partial charge in [-0.1, -0.05) is 44.4 Å². The molecule has 2 aromatic rings. The molecule has 1 aromatic carbocycles. The summed E-state index contributed by atoms with van der Waals surface area (Å²) in [6, 6.07) is 7.80. The van der Waals surface area contributed by atoms with E-state index in [9.17, 15) is 4.79 Å². The minimum atomic E-state index is 0.194. The fraction of sp³-hybridized carbons (Fsp3) is 0.471. The topological polar surface area (TPSA) is 30.2 Å². The summed E-state index contributed by atoms with van der Waals surface area (Å²) >= 11 is 0. The van der Waals surface area contributed by atoms with E-state index in [1.54, 1.807) is 6.26 Å². The van der Waals surface area contributed by atoms with E-state index in [4.69, 9.17) is 4.42 Å². The molecule has 2 atom stereocenters. The summed E-state index contributed by atoms with van der Waals surface area (Å²) in [5.41, 5.74) is 1.59. The molecular weight excluding hydrogens is 236 g/mol. The molecule has 1 aliphatic rings. The Morgan fingerprint density at radius 3 is 3.00 bits per heavy atom. The second kappa shape index (κ2) is 5.20. The normalized spacial score (nSPS) is 23.6. The lowest BCUT2D eigenvalue weighted by atomic mass is 9.77. The van der Waals surface area contributed by atoms with Gasteiger partial charge in [0.05, 0.1) is 5.56 Å². The molecule has 1 fully saturated rings. The van der Waals surface area contributed by atoms with Crippen molar-refractivity contribution in [2.24, 2.45) is 11.8 Å². The number of ketones is 1. The first-order chi connectivity index (χ1) is 9.29. The number of carbonyl (C=O) groups excluding carboxylic acids is 1. The minimum absolute atomic E-state index is 0.194. The van der Waals surface area contributed by atoms with E-state index in [-0.39, 0.29) is 11.7 Å². The highest BCUT2D eigenvalue weighted by Gasteiger charge is 2.28. The SMILES string of the molecule is CCC1CCCC(C(=O)c2coc3ccccc23)C1. The maximum absolute atomic E-state index is 12.7. The standard InChI is InChI=1S/C17H20O2/c1-2-12-6-5-7-13(10-12)17(18)15-11-19-16-9-4-3-8-14(15)16/h3-4,8-9,11-13H,2,5-7,10H2,1H3. The zero-order valence-corrected chi connectivity index (χ0v) is 11.4. The van der Waals surface area contributed by atoms with Crippen LogP contribution in [0.3, 0.4) is 0 Å². The van der Waals surface area contributed by atoms with Gasteiger partial charge < -0.3 is 4.42 Å². The predicted molar refractivity (Wildman–Crippen MR) is 76.3 cm³/mol. The number of para-hydroxylation sites is 1. The molecule has 0 aliphatic heterocycles. The second-order valence-corrected chi connectivity index (χ2v) is 5.65. The fourth-order valence-corrected chi connectivity index (χ4v) is 3.29. The van der Waals surface area contributed by atoms with Gasteiger partial charge in [0.25, 0.3) is 0 Å². The van der Waals surface area contributed by atoms with Crippen LogP contribution < -0.4 is 0 Å². The largest absolute Gasteiger partial charge is 0.464 e. The van der Waals surface area contributed by atoms with Gasteiger partial charge in [0.15, 0.2) is 5.78 Å². The summed E-state index contributed by atoms with van der Waals surface area (Å²) < 4.78 is 5.49. The number of benzene rings is 1. The van der Waals surface area contributed by atoms with Crippen molar-refractivity contribution in [2.75, 3.05) is 0 Å². The van der Waals surface area contributed by atoms with Gasteiger partial charge in [0.2, 0.25) is 0 Å². The van der Waals surface area contributed by atoms with E-state index in [0.29, 0.717) is 0 Å². The number of fused-ring (bicyclic) bond motifs is 1. The first-order valence-corrected chi connectivity index (χ1v) is 7.30. The first-order valence-electron chi connectivity index (χ1n) is 7.30. The Morgan fingerprint density at radius 2 is 2.16 bits per heavy atom. The van der Waals surface area contributed by atoms with Crippen LogP contribution >= 0.6 is 0 Å². The summed E-state index contributed by atoms with van der Waals surface area (Å²) in [4.78, 5) is 12.7. The number of Topliss-reactive ketones (excluding diaryl/α,β-unsaturated/α-hetero) is 1. The van der Waals surface area contributed by atoms with Crippen LogP contribution in [0.1, 0.15) is 49.4 Å². The highest BCUT2D eigenvalue weighted by atomic mass is 16.3. The van der Waals surface area contributed by atoms with Gasteiger partial charge in [-0.25, -0.2) is 0 Å². The van der Waals surface area contributed by atoms with Crippen LogP contribution in [-0.4, -0.2) is 5.78 Å². The van der Waals surface area contributed by atoms with E-state index >= 15 is 0 Å². The van der Waals surface area contributed by atoms with E-state index in [1.165, 1.54) is 19.3 Å². The average Bonchev–Trinajstić information content (AvgIpc) is 2.90. The third-order valence-electron chi connectivity index (χ3n) is 4.48. The average molecular weight is 256 g/mol. The molecule has 19 heavy (non-hydrogen) atoms. The lowest BCUT2D eigenvalue weighted by molar-refractivity contribution is 0.0863. The molecule has 1 saturated carbocycles. The first kappa shape index (κ1) is 12.5. The number of hydrogen-bond acceptors (Lipinski definition) is 2. The van der Waals surface area contributed by atoms with E-state index in [2.05, 4.69) is 6.92 Å². The molecule has 0 radical (unpaired) electrons. The molecule has 0 N–H and O–H groups in total. The molecule has 0 bridgehead atoms. The van der Waals surface area contributed by atoms with Gasteiger partial charge in [0.1, 0.15) is 11.8 Å². The Balaban J connectivity index is 1.87. The number of hydrogen-bond donors (Lipinski definition) is 0. The fourth-order valence-electron chi connectivity index (χ4n) is 3.29. The number of furan rings is 1. The molecule has 0 amide bonds. The molecule has 1 aromatic heterocycles. The van der Waals surface area contributed by atoms with Crippen LogP contribution in [-0.2, 0) is 0 Å². The van der Waals surface area contributed by atoms with Crippen molar-refractivity contribution < 1.29 is 9.21 Å². The highest BCUT2D eigenvalue weighted by Crippen LogP contribution is 2.34. The minimum Gasteiger partial charge on any atom is -0.464 e. The van der Waals surface area contributed by atoms with Crippen LogP contribution in [0.15, 0.2) is 34.9 Å². The molecule has 0 saturated heterocycles. The predicted octanol–water partition coefficient (Wildman–Crippen LogP) is 4.83. The molecule has 1 heterocycles. The summed E-state index contributed by atoms with van der Waals surface area (Å²) in [6.45, 7) is 2.23. The van der Waals surface area contributed by atoms with Gasteiger partial charge in [-0.05, 0) is 24.8 Å². The summed E-state index contributed by atoms with van der Waals surface area (Å²) in [7, 11) is 0. The van der Waals surface area contributed by atoms with Crippen molar-refractivity contribution in [2.45, 2.75) is 39.0 Å². The van der Waals surface area contributed by atoms with Crippen molar-refractivity contribution in [1.82, 2.24) is 0 Å². The van der Waals surface area contributed by atoms with Crippen LogP contribution in [0.25, 0.3) is 11.0 Å². The Kier molecular flexibility index (Phi) is 3.41. The Morgan fingerprint density at radius 1 is 1.32 bits per heavy atom. The van der Waals surface area contributed by atoms with Gasteiger partial charge in [-0.2, -0.15) is 0 Å². The van der Waals surface area contributed by atoms with Crippen LogP contribution in [0, 0.1) is 11.8 Å². The van der Waals surface area contributed by atoms with Crippen molar-refractivity contribution in [3.8, 4) is 0 Å². The van der Waals surface area contributed by atoms with E-state index in [0.717, 1.165) is 35.3 Å². The zero-order valence-electron chi connectivity index (χ0n) is 11.4. The third-order valence-corrected chi connectivity index (χ3v) is 4.48. The lowest BCUT2D eigenvalue weighted by Gasteiger charge is -2.27. The molecular formula is C17H20O2. The lowest BCUT2D eigenvalue weighted by Crippen LogP contribution is -2.22. The second-order valence-electron chi connectivity index (χ2n) is 5.65. The highest BCUT2D eigenvalue weighted by molar-refractivity contribution is 6.08. The van der Waals surface area contributed by atoms with Gasteiger partial charge in [-0.15, -0.1) is 0 Å². The maximum Gasteiger partial charge on any atom is 0.169 e. The molecule has 3 rings (SSSR count). The smallest absolute Gasteiger partial charge is 0.169 e. The van der Waals surface area contributed by atoms with Crippen molar-refractivity contribution in [3.05, 3.63) is 36.1 Å². The molecule has 0 spiro atoms. The summed E-state index contributed by atoms with van der Waals surface area (Å²) in [5, 5.41) is 0.964. The Bertz CT molecular complexity index is 582. The summed E-state index contributed by atoms with van der Waals surface area (Å²) in [5.74, 6) is 1.20. The molecule has 2 nitrogen and oxygen atoms in total. The van der Waals surface area contributed by atoms with Gasteiger partial charge in [-0.3, -0.25) is 4.79 Å². The quantitative estimate of drug-likeness (QED) is 0.736. The van der Waals surface area contributed by atoms with E-state index in [1.807, 2.05) is 24.3 Å². The van der Waals surface area contributed by atoms with E-state index < -0.39 is 0 Å². The number of rotatable bonds is 3. The molecule has 1 aliphatic carbocycles. The van der Waals surface area contributed by atoms with Gasteiger partial charge >= 0.3 is 0 Å². The molecule has 2 unspecified atom stereocenters. The Hall–Kier alpha value is -1.57. The molecule has 2 heteroatoms. The molecule has 100 valence electrons. The van der Waals surface area contributed by atoms with Gasteiger partial charge in [0, 0.05) is 11.3 Å². The van der Waals surface area contributed by atoms with Crippen molar-refractivity contribution >= 4 is 16.8 Å². The summed E-state index contributed by atoms with van der Waals surface area (Å²) in [6.07, 6.45) is 7.39. The van der Waals surface area contributed by atoms with Crippen LogP contribution in [0.4, 0.5) is 0 Å². The monoisotopic (exact) mass is 256 g/mol. The zero-order chi connectivity index (χ0) is 13.2. The van der Waals surface area contributed by atoms with Crippen LogP contribution in [0.5, 0.6) is 0 Å². The van der Waals surface area contributed by atoms with Crippen molar-refractivity contribution in [3.63, 3.8) is 0 Å². The Labute approximate surface area is 113 Å². The van der Waals surface area contributed by atoms with Crippen molar-refractivity contribution in [1.29, 1.82) is 0 Å². The van der Waals surface area contributed by atoms with Crippen LogP contribution in [0.2, 0.25) is 0 Å².